The highest BCUT2D eigenvalue weighted by atomic mass is 32.2. The fraction of sp³-hybridized carbons (Fsp3) is 0.235. The van der Waals surface area contributed by atoms with Gasteiger partial charge < -0.3 is 5.73 Å². The molecule has 8 nitrogen and oxygen atoms in total. The highest BCUT2D eigenvalue weighted by Gasteiger charge is 2.25. The zero-order valence-electron chi connectivity index (χ0n) is 15.0. The number of hydrogen-bond acceptors (Lipinski definition) is 6. The summed E-state index contributed by atoms with van der Waals surface area (Å²) in [5.74, 6) is -0.169. The molecule has 0 unspecified atom stereocenters. The molecule has 0 atom stereocenters. The summed E-state index contributed by atoms with van der Waals surface area (Å²) in [6.45, 7) is 4.86. The van der Waals surface area contributed by atoms with Crippen LogP contribution < -0.4 is 10.5 Å². The molecule has 0 saturated heterocycles. The summed E-state index contributed by atoms with van der Waals surface area (Å²) in [7, 11) is -7.58. The molecule has 144 valence electrons. The van der Waals surface area contributed by atoms with Gasteiger partial charge in [0.15, 0.2) is 0 Å². The van der Waals surface area contributed by atoms with E-state index < -0.39 is 25.3 Å². The van der Waals surface area contributed by atoms with E-state index in [0.29, 0.717) is 5.52 Å². The summed E-state index contributed by atoms with van der Waals surface area (Å²) in [6, 6.07) is 10.9. The number of sulfonamides is 1. The molecule has 1 aromatic heterocycles. The maximum atomic E-state index is 12.6. The van der Waals surface area contributed by atoms with Crippen LogP contribution in [0.2, 0.25) is 0 Å². The van der Waals surface area contributed by atoms with E-state index in [0.717, 1.165) is 9.54 Å². The van der Waals surface area contributed by atoms with Gasteiger partial charge in [0.05, 0.1) is 26.9 Å². The second-order valence-electron chi connectivity index (χ2n) is 6.45. The minimum absolute atomic E-state index is 0.116. The van der Waals surface area contributed by atoms with Gasteiger partial charge in [-0.3, -0.25) is 4.72 Å². The Balaban J connectivity index is 2.10. The first kappa shape index (κ1) is 19.2. The molecule has 0 radical (unpaired) electrons. The molecule has 0 saturated carbocycles. The first-order valence-electron chi connectivity index (χ1n) is 8.14. The molecule has 0 fully saturated rings. The number of nitrogens with zero attached hydrogens (tertiary/aromatic N) is 2. The van der Waals surface area contributed by atoms with Crippen LogP contribution in [0, 0.1) is 6.92 Å². The molecule has 0 amide bonds. The number of hydrogen-bond donors (Lipinski definition) is 2. The van der Waals surface area contributed by atoms with Crippen molar-refractivity contribution in [3.05, 3.63) is 48.0 Å². The van der Waals surface area contributed by atoms with E-state index in [1.807, 2.05) is 0 Å². The van der Waals surface area contributed by atoms with Crippen LogP contribution in [0.5, 0.6) is 0 Å². The van der Waals surface area contributed by atoms with Crippen molar-refractivity contribution in [1.82, 2.24) is 8.96 Å². The topological polar surface area (TPSA) is 124 Å². The predicted octanol–water partition coefficient (Wildman–Crippen LogP) is 2.31. The molecule has 2 aromatic carbocycles. The van der Waals surface area contributed by atoms with Crippen molar-refractivity contribution in [2.24, 2.45) is 0 Å². The number of nitrogens with one attached hydrogen (secondary N) is 1. The molecule has 0 aliphatic carbocycles. The SMILES string of the molecule is Cc1cccc(S(=O)(=O)Nc2ccc3nc(N)n(S(=O)(=O)C(C)C)c3c2)c1. The van der Waals surface area contributed by atoms with Gasteiger partial charge in [0.25, 0.3) is 10.0 Å². The zero-order valence-corrected chi connectivity index (χ0v) is 16.7. The van der Waals surface area contributed by atoms with Gasteiger partial charge in [-0.2, -0.15) is 0 Å². The van der Waals surface area contributed by atoms with Gasteiger partial charge in [-0.15, -0.1) is 0 Å². The van der Waals surface area contributed by atoms with Gasteiger partial charge in [-0.25, -0.2) is 25.8 Å². The number of benzene rings is 2. The average molecular weight is 409 g/mol. The summed E-state index contributed by atoms with van der Waals surface area (Å²) in [5, 5.41) is -0.718. The smallest absolute Gasteiger partial charge is 0.261 e. The Kier molecular flexibility index (Phi) is 4.64. The van der Waals surface area contributed by atoms with Crippen molar-refractivity contribution < 1.29 is 16.8 Å². The van der Waals surface area contributed by atoms with E-state index >= 15 is 0 Å². The molecular formula is C17H20N4O4S2. The molecule has 0 aliphatic rings. The lowest BCUT2D eigenvalue weighted by Gasteiger charge is -2.12. The lowest BCUT2D eigenvalue weighted by atomic mass is 10.2. The third-order valence-corrected chi connectivity index (χ3v) is 7.50. The summed E-state index contributed by atoms with van der Waals surface area (Å²) in [4.78, 5) is 4.17. The van der Waals surface area contributed by atoms with Crippen LogP contribution in [0.25, 0.3) is 11.0 Å². The Labute approximate surface area is 158 Å². The second kappa shape index (κ2) is 6.54. The standard InChI is InChI=1S/C17H20N4O4S2/c1-11(2)27(24,25)21-16-10-13(7-8-15(16)19-17(21)18)20-26(22,23)14-6-4-5-12(3)9-14/h4-11,20H,1-3H3,(H2,18,19). The minimum Gasteiger partial charge on any atom is -0.368 e. The third-order valence-electron chi connectivity index (χ3n) is 4.04. The van der Waals surface area contributed by atoms with Gasteiger partial charge in [-0.05, 0) is 56.7 Å². The largest absolute Gasteiger partial charge is 0.368 e. The normalized spacial score (nSPS) is 12.6. The molecule has 10 heteroatoms. The van der Waals surface area contributed by atoms with Crippen LogP contribution in [0.4, 0.5) is 11.6 Å². The first-order chi connectivity index (χ1) is 12.5. The molecule has 3 N–H and O–H groups in total. The van der Waals surface area contributed by atoms with Crippen molar-refractivity contribution >= 4 is 42.7 Å². The summed E-state index contributed by atoms with van der Waals surface area (Å²) in [5.41, 5.74) is 7.39. The number of anilines is 2. The first-order valence-corrected chi connectivity index (χ1v) is 11.1. The molecule has 0 bridgehead atoms. The number of fused-ring (bicyclic) bond motifs is 1. The molecule has 0 spiro atoms. The number of imidazole rings is 1. The summed E-state index contributed by atoms with van der Waals surface area (Å²) < 4.78 is 53.8. The van der Waals surface area contributed by atoms with Crippen LogP contribution in [-0.2, 0) is 20.0 Å². The van der Waals surface area contributed by atoms with Crippen LogP contribution in [-0.4, -0.2) is 31.0 Å². The fourth-order valence-corrected chi connectivity index (χ4v) is 4.91. The van der Waals surface area contributed by atoms with Crippen LogP contribution >= 0.6 is 0 Å². The predicted molar refractivity (Wildman–Crippen MR) is 106 cm³/mol. The molecule has 3 rings (SSSR count). The number of nitrogens with two attached hydrogens (primary N) is 1. The van der Waals surface area contributed by atoms with Crippen molar-refractivity contribution in [2.45, 2.75) is 30.9 Å². The minimum atomic E-state index is -3.82. The maximum Gasteiger partial charge on any atom is 0.261 e. The van der Waals surface area contributed by atoms with Crippen molar-refractivity contribution in [2.75, 3.05) is 10.5 Å². The van der Waals surface area contributed by atoms with E-state index in [4.69, 9.17) is 5.73 Å². The third kappa shape index (κ3) is 3.50. The van der Waals surface area contributed by atoms with Crippen LogP contribution in [0.15, 0.2) is 47.4 Å². The quantitative estimate of drug-likeness (QED) is 0.667. The summed E-state index contributed by atoms with van der Waals surface area (Å²) >= 11 is 0. The van der Waals surface area contributed by atoms with Crippen LogP contribution in [0.3, 0.4) is 0 Å². The van der Waals surface area contributed by atoms with Crippen molar-refractivity contribution in [3.8, 4) is 0 Å². The molecule has 27 heavy (non-hydrogen) atoms. The Bertz CT molecular complexity index is 1230. The van der Waals surface area contributed by atoms with Gasteiger partial charge >= 0.3 is 0 Å². The zero-order chi connectivity index (χ0) is 20.0. The molecular weight excluding hydrogens is 388 g/mol. The monoisotopic (exact) mass is 408 g/mol. The van der Waals surface area contributed by atoms with Gasteiger partial charge in [0, 0.05) is 0 Å². The lowest BCUT2D eigenvalue weighted by molar-refractivity contribution is 0.580. The fourth-order valence-electron chi connectivity index (χ4n) is 2.61. The van der Waals surface area contributed by atoms with Gasteiger partial charge in [-0.1, -0.05) is 12.1 Å². The summed E-state index contributed by atoms with van der Waals surface area (Å²) in [6.07, 6.45) is 0. The Hall–Kier alpha value is -2.59. The number of aromatic nitrogens is 2. The highest BCUT2D eigenvalue weighted by molar-refractivity contribution is 7.92. The van der Waals surface area contributed by atoms with E-state index in [-0.39, 0.29) is 22.0 Å². The second-order valence-corrected chi connectivity index (χ2v) is 10.5. The number of nitrogen functional groups attached to an aromatic ring is 1. The van der Waals surface area contributed by atoms with Gasteiger partial charge in [0.1, 0.15) is 0 Å². The number of aryl methyl sites for hydroxylation is 1. The van der Waals surface area contributed by atoms with Gasteiger partial charge in [0.2, 0.25) is 16.0 Å². The van der Waals surface area contributed by atoms with E-state index in [1.54, 1.807) is 25.1 Å². The highest BCUT2D eigenvalue weighted by Crippen LogP contribution is 2.26. The van der Waals surface area contributed by atoms with E-state index in [1.165, 1.54) is 38.1 Å². The van der Waals surface area contributed by atoms with E-state index in [9.17, 15) is 16.8 Å². The molecule has 1 heterocycles. The lowest BCUT2D eigenvalue weighted by Crippen LogP contribution is -2.23. The van der Waals surface area contributed by atoms with E-state index in [2.05, 4.69) is 9.71 Å². The molecule has 3 aromatic rings. The maximum absolute atomic E-state index is 12.6. The van der Waals surface area contributed by atoms with Crippen molar-refractivity contribution in [1.29, 1.82) is 0 Å². The Morgan fingerprint density at radius 1 is 1.07 bits per heavy atom. The Morgan fingerprint density at radius 2 is 1.78 bits per heavy atom. The average Bonchev–Trinajstić information content (AvgIpc) is 2.90. The Morgan fingerprint density at radius 3 is 2.41 bits per heavy atom. The number of rotatable bonds is 5. The molecule has 0 aliphatic heterocycles. The van der Waals surface area contributed by atoms with Crippen LogP contribution in [0.1, 0.15) is 19.4 Å². The van der Waals surface area contributed by atoms with Crippen molar-refractivity contribution in [3.63, 3.8) is 0 Å².